The van der Waals surface area contributed by atoms with Crippen LogP contribution < -0.4 is 9.47 Å². The molecule has 6 aromatic carbocycles. The highest BCUT2D eigenvalue weighted by Gasteiger charge is 2.47. The van der Waals surface area contributed by atoms with Crippen LogP contribution in [-0.4, -0.2) is 62.8 Å². The summed E-state index contributed by atoms with van der Waals surface area (Å²) in [4.78, 5) is 24.0. The van der Waals surface area contributed by atoms with Crippen LogP contribution in [0.5, 0.6) is 11.5 Å². The van der Waals surface area contributed by atoms with E-state index in [1.165, 1.54) is 22.3 Å². The van der Waals surface area contributed by atoms with Crippen molar-refractivity contribution in [3.8, 4) is 22.6 Å². The summed E-state index contributed by atoms with van der Waals surface area (Å²) in [7, 11) is 0. The lowest BCUT2D eigenvalue weighted by atomic mass is 9.65. The molecule has 4 atom stereocenters. The molecule has 4 unspecified atom stereocenters. The Labute approximate surface area is 358 Å². The van der Waals surface area contributed by atoms with E-state index in [1.54, 1.807) is 27.7 Å². The third kappa shape index (κ3) is 8.83. The van der Waals surface area contributed by atoms with Gasteiger partial charge in [0.25, 0.3) is 0 Å². The van der Waals surface area contributed by atoms with E-state index in [9.17, 15) is 9.59 Å². The molecule has 314 valence electrons. The molecule has 8 nitrogen and oxygen atoms in total. The molecule has 0 heterocycles. The zero-order chi connectivity index (χ0) is 43.3. The molecule has 0 fully saturated rings. The summed E-state index contributed by atoms with van der Waals surface area (Å²) >= 11 is 0. The largest absolute Gasteiger partial charge is 0.490 e. The van der Waals surface area contributed by atoms with Crippen molar-refractivity contribution in [1.29, 1.82) is 0 Å². The molecule has 6 aromatic rings. The van der Waals surface area contributed by atoms with Gasteiger partial charge in [-0.15, -0.1) is 0 Å². The predicted octanol–water partition coefficient (Wildman–Crippen LogP) is 10.9. The minimum absolute atomic E-state index is 0.239. The Morgan fingerprint density at radius 3 is 1.23 bits per heavy atom. The third-order valence-corrected chi connectivity index (χ3v) is 11.0. The van der Waals surface area contributed by atoms with Gasteiger partial charge in [0.15, 0.2) is 0 Å². The molecule has 0 saturated heterocycles. The van der Waals surface area contributed by atoms with E-state index in [0.29, 0.717) is 24.4 Å². The number of rotatable bonds is 18. The molecule has 0 bridgehead atoms. The zero-order valence-electron chi connectivity index (χ0n) is 35.9. The number of fused-ring (bicyclic) bond motifs is 5. The van der Waals surface area contributed by atoms with Crippen LogP contribution in [0, 0.1) is 0 Å². The fraction of sp³-hybridized carbons (Fsp3) is 0.283. The van der Waals surface area contributed by atoms with Crippen molar-refractivity contribution in [2.45, 2.75) is 71.4 Å². The summed E-state index contributed by atoms with van der Waals surface area (Å²) in [6, 6.07) is 42.9. The number of benzene rings is 6. The molecule has 0 aliphatic heterocycles. The SMILES string of the molecule is C=C(C)C(=O)OC(C)COC(C)COc1cccc2c(C3(c4cccc5c(OCC(C)OCC(C)OC(=O)C(=C)C)cccc45)c4ccccc4-c4ccccc43)cccc12. The minimum atomic E-state index is -0.717. The zero-order valence-corrected chi connectivity index (χ0v) is 35.9. The van der Waals surface area contributed by atoms with Crippen LogP contribution in [0.25, 0.3) is 32.7 Å². The Morgan fingerprint density at radius 1 is 0.459 bits per heavy atom. The quantitative estimate of drug-likeness (QED) is 0.0625. The molecular weight excluding hydrogens is 765 g/mol. The summed E-state index contributed by atoms with van der Waals surface area (Å²) in [5.74, 6) is 0.634. The van der Waals surface area contributed by atoms with E-state index in [-0.39, 0.29) is 25.4 Å². The van der Waals surface area contributed by atoms with Crippen molar-refractivity contribution >= 4 is 33.5 Å². The predicted molar refractivity (Wildman–Crippen MR) is 241 cm³/mol. The van der Waals surface area contributed by atoms with Crippen LogP contribution in [0.15, 0.2) is 146 Å². The van der Waals surface area contributed by atoms with Crippen molar-refractivity contribution in [2.75, 3.05) is 26.4 Å². The highest BCUT2D eigenvalue weighted by Crippen LogP contribution is 2.58. The number of ether oxygens (including phenoxy) is 6. The van der Waals surface area contributed by atoms with Gasteiger partial charge in [-0.2, -0.15) is 0 Å². The van der Waals surface area contributed by atoms with Crippen LogP contribution >= 0.6 is 0 Å². The second-order valence-electron chi connectivity index (χ2n) is 16.1. The summed E-state index contributed by atoms with van der Waals surface area (Å²) in [5.41, 5.74) is 7.02. The van der Waals surface area contributed by atoms with Crippen LogP contribution in [0.4, 0.5) is 0 Å². The number of esters is 2. The lowest BCUT2D eigenvalue weighted by molar-refractivity contribution is -0.148. The number of carbonyl (C=O) groups excluding carboxylic acids is 2. The van der Waals surface area contributed by atoms with Crippen LogP contribution in [-0.2, 0) is 34.0 Å². The van der Waals surface area contributed by atoms with E-state index in [0.717, 1.165) is 44.2 Å². The molecule has 1 aliphatic carbocycles. The Balaban J connectivity index is 1.25. The van der Waals surface area contributed by atoms with Gasteiger partial charge in [-0.3, -0.25) is 0 Å². The van der Waals surface area contributed by atoms with Gasteiger partial charge < -0.3 is 28.4 Å². The maximum Gasteiger partial charge on any atom is 0.333 e. The fourth-order valence-corrected chi connectivity index (χ4v) is 8.17. The molecule has 8 heteroatoms. The van der Waals surface area contributed by atoms with Gasteiger partial charge in [0.1, 0.15) is 36.9 Å². The lowest BCUT2D eigenvalue weighted by Gasteiger charge is -2.36. The maximum atomic E-state index is 12.0. The minimum Gasteiger partial charge on any atom is -0.490 e. The van der Waals surface area contributed by atoms with E-state index >= 15 is 0 Å². The van der Waals surface area contributed by atoms with Gasteiger partial charge in [0, 0.05) is 21.9 Å². The summed E-state index contributed by atoms with van der Waals surface area (Å²) in [5, 5.41) is 4.11. The second-order valence-corrected chi connectivity index (χ2v) is 16.1. The molecule has 0 amide bonds. The normalized spacial score (nSPS) is 14.6. The van der Waals surface area contributed by atoms with Crippen molar-refractivity contribution < 1.29 is 38.0 Å². The molecule has 1 aliphatic rings. The Kier molecular flexibility index (Phi) is 13.1. The molecule has 0 radical (unpaired) electrons. The smallest absolute Gasteiger partial charge is 0.333 e. The molecule has 61 heavy (non-hydrogen) atoms. The molecular formula is C53H54O8. The fourth-order valence-electron chi connectivity index (χ4n) is 8.17. The van der Waals surface area contributed by atoms with E-state index in [2.05, 4.69) is 122 Å². The first-order chi connectivity index (χ1) is 29.4. The number of hydrogen-bond acceptors (Lipinski definition) is 8. The highest BCUT2D eigenvalue weighted by molar-refractivity contribution is 6.01. The van der Waals surface area contributed by atoms with Crippen molar-refractivity contribution in [1.82, 2.24) is 0 Å². The molecule has 0 aromatic heterocycles. The van der Waals surface area contributed by atoms with E-state index < -0.39 is 29.6 Å². The average molecular weight is 819 g/mol. The molecule has 7 rings (SSSR count). The van der Waals surface area contributed by atoms with Gasteiger partial charge in [0.2, 0.25) is 0 Å². The van der Waals surface area contributed by atoms with Gasteiger partial charge in [0.05, 0.1) is 30.8 Å². The Bertz CT molecular complexity index is 2410. The van der Waals surface area contributed by atoms with Gasteiger partial charge in [-0.25, -0.2) is 9.59 Å². The molecule has 0 N–H and O–H groups in total. The van der Waals surface area contributed by atoms with Crippen molar-refractivity contribution in [3.63, 3.8) is 0 Å². The Morgan fingerprint density at radius 2 is 0.820 bits per heavy atom. The van der Waals surface area contributed by atoms with Crippen molar-refractivity contribution in [3.05, 3.63) is 168 Å². The summed E-state index contributed by atoms with van der Waals surface area (Å²) < 4.78 is 35.9. The first kappa shape index (κ1) is 42.9. The second kappa shape index (κ2) is 18.6. The number of hydrogen-bond donors (Lipinski definition) is 0. The molecule has 0 saturated carbocycles. The van der Waals surface area contributed by atoms with Crippen LogP contribution in [0.1, 0.15) is 63.8 Å². The van der Waals surface area contributed by atoms with Gasteiger partial charge in [-0.05, 0) is 97.8 Å². The van der Waals surface area contributed by atoms with Gasteiger partial charge in [-0.1, -0.05) is 122 Å². The lowest BCUT2D eigenvalue weighted by Crippen LogP contribution is -2.29. The monoisotopic (exact) mass is 818 g/mol. The first-order valence-corrected chi connectivity index (χ1v) is 20.9. The summed E-state index contributed by atoms with van der Waals surface area (Å²) in [6.07, 6.45) is -1.37. The number of carbonyl (C=O) groups is 2. The van der Waals surface area contributed by atoms with Crippen molar-refractivity contribution in [2.24, 2.45) is 0 Å². The summed E-state index contributed by atoms with van der Waals surface area (Å²) in [6.45, 7) is 19.1. The average Bonchev–Trinajstić information content (AvgIpc) is 3.56. The van der Waals surface area contributed by atoms with Crippen LogP contribution in [0.3, 0.4) is 0 Å². The topological polar surface area (TPSA) is 89.5 Å². The Hall–Kier alpha value is -6.22. The van der Waals surface area contributed by atoms with E-state index in [1.807, 2.05) is 26.0 Å². The first-order valence-electron chi connectivity index (χ1n) is 20.9. The van der Waals surface area contributed by atoms with E-state index in [4.69, 9.17) is 28.4 Å². The highest BCUT2D eigenvalue weighted by atomic mass is 16.6. The molecule has 0 spiro atoms. The maximum absolute atomic E-state index is 12.0. The standard InChI is InChI=1S/C53H54O8/c1-33(2)51(54)60-37(7)31-56-35(5)29-58-49-27-15-19-41-43(49)21-13-25-47(41)53(45-23-11-9-17-39(45)40-18-10-12-24-46(40)53)48-26-14-22-44-42(48)20-16-28-50(44)59-30-36(6)57-32-38(8)61-52(55)34(3)4/h9-28,35-38H,1,3,29-32H2,2,4-8H3. The van der Waals surface area contributed by atoms with Gasteiger partial charge >= 0.3 is 11.9 Å². The van der Waals surface area contributed by atoms with Crippen LogP contribution in [0.2, 0.25) is 0 Å². The third-order valence-electron chi connectivity index (χ3n) is 11.0.